The van der Waals surface area contributed by atoms with E-state index in [9.17, 15) is 9.59 Å². The fourth-order valence-electron chi connectivity index (χ4n) is 2.72. The van der Waals surface area contributed by atoms with Gasteiger partial charge < -0.3 is 10.1 Å². The molecule has 1 aliphatic heterocycles. The third-order valence-corrected chi connectivity index (χ3v) is 4.77. The highest BCUT2D eigenvalue weighted by molar-refractivity contribution is 7.99. The van der Waals surface area contributed by atoms with E-state index in [4.69, 9.17) is 4.74 Å². The summed E-state index contributed by atoms with van der Waals surface area (Å²) < 4.78 is 7.29. The number of hydrogen-bond donors (Lipinski definition) is 2. The van der Waals surface area contributed by atoms with Gasteiger partial charge in [-0.3, -0.25) is 19.0 Å². The zero-order valence-corrected chi connectivity index (χ0v) is 14.4. The summed E-state index contributed by atoms with van der Waals surface area (Å²) in [6.45, 7) is 3.37. The summed E-state index contributed by atoms with van der Waals surface area (Å²) in [7, 11) is 0. The van der Waals surface area contributed by atoms with Gasteiger partial charge in [-0.15, -0.1) is 10.2 Å². The van der Waals surface area contributed by atoms with Crippen molar-refractivity contribution in [3.63, 3.8) is 0 Å². The van der Waals surface area contributed by atoms with Crippen molar-refractivity contribution in [1.82, 2.24) is 24.9 Å². The zero-order chi connectivity index (χ0) is 16.9. The Morgan fingerprint density at radius 1 is 1.54 bits per heavy atom. The summed E-state index contributed by atoms with van der Waals surface area (Å²) in [6, 6.07) is 1.56. The van der Waals surface area contributed by atoms with Crippen molar-refractivity contribution >= 4 is 23.4 Å². The third-order valence-electron chi connectivity index (χ3n) is 3.84. The number of hydrogen-bond acceptors (Lipinski definition) is 6. The van der Waals surface area contributed by atoms with Gasteiger partial charge in [0, 0.05) is 24.9 Å². The predicted octanol–water partition coefficient (Wildman–Crippen LogP) is 0.757. The maximum Gasteiger partial charge on any atom is 0.252 e. The highest BCUT2D eigenvalue weighted by Gasteiger charge is 2.17. The Hall–Kier alpha value is -1.87. The number of aromatic nitrogens is 4. The van der Waals surface area contributed by atoms with Crippen LogP contribution in [0.15, 0.2) is 16.0 Å². The molecule has 9 heteroatoms. The van der Waals surface area contributed by atoms with E-state index in [-0.39, 0.29) is 23.3 Å². The SMILES string of the molecule is CCCc1cc(=O)[nH]c2nnc(SCC(=O)NCC3CCCO3)n12. The van der Waals surface area contributed by atoms with Gasteiger partial charge in [-0.1, -0.05) is 25.1 Å². The molecular formula is C15H21N5O3S. The first-order chi connectivity index (χ1) is 11.7. The minimum absolute atomic E-state index is 0.0614. The van der Waals surface area contributed by atoms with Crippen molar-refractivity contribution in [1.29, 1.82) is 0 Å². The first-order valence-electron chi connectivity index (χ1n) is 8.16. The molecule has 1 saturated heterocycles. The molecule has 1 aliphatic rings. The van der Waals surface area contributed by atoms with Crippen molar-refractivity contribution in [3.8, 4) is 0 Å². The molecule has 1 unspecified atom stereocenters. The number of fused-ring (bicyclic) bond motifs is 1. The fourth-order valence-corrected chi connectivity index (χ4v) is 3.51. The molecule has 0 spiro atoms. The molecule has 0 radical (unpaired) electrons. The van der Waals surface area contributed by atoms with E-state index in [1.807, 2.05) is 11.3 Å². The van der Waals surface area contributed by atoms with Crippen molar-refractivity contribution in [2.24, 2.45) is 0 Å². The molecule has 0 aliphatic carbocycles. The van der Waals surface area contributed by atoms with Crippen LogP contribution in [0.5, 0.6) is 0 Å². The van der Waals surface area contributed by atoms with Crippen LogP contribution in [-0.2, 0) is 16.0 Å². The number of ether oxygens (including phenoxy) is 1. The van der Waals surface area contributed by atoms with Crippen LogP contribution in [0.2, 0.25) is 0 Å². The first-order valence-corrected chi connectivity index (χ1v) is 9.14. The summed E-state index contributed by atoms with van der Waals surface area (Å²) in [5, 5.41) is 11.6. The number of carbonyl (C=O) groups is 1. The number of nitrogens with zero attached hydrogens (tertiary/aromatic N) is 3. The fraction of sp³-hybridized carbons (Fsp3) is 0.600. The lowest BCUT2D eigenvalue weighted by Crippen LogP contribution is -2.32. The number of nitrogens with one attached hydrogen (secondary N) is 2. The summed E-state index contributed by atoms with van der Waals surface area (Å²) in [5.41, 5.74) is 0.660. The molecule has 1 atom stereocenters. The Labute approximate surface area is 143 Å². The summed E-state index contributed by atoms with van der Waals surface area (Å²) in [6.07, 6.45) is 3.84. The standard InChI is InChI=1S/C15H21N5O3S/c1-2-4-10-7-12(21)17-14-18-19-15(20(10)14)24-9-13(22)16-8-11-5-3-6-23-11/h7,11H,2-6,8-9H2,1H3,(H,16,22)(H,17,18,21). The maximum absolute atomic E-state index is 12.0. The van der Waals surface area contributed by atoms with E-state index in [0.717, 1.165) is 38.0 Å². The van der Waals surface area contributed by atoms with Crippen LogP contribution in [0.4, 0.5) is 0 Å². The van der Waals surface area contributed by atoms with E-state index in [1.54, 1.807) is 6.07 Å². The van der Waals surface area contributed by atoms with Crippen LogP contribution in [0, 0.1) is 0 Å². The van der Waals surface area contributed by atoms with Crippen LogP contribution >= 0.6 is 11.8 Å². The second-order valence-corrected chi connectivity index (χ2v) is 6.69. The number of aryl methyl sites for hydroxylation is 1. The quantitative estimate of drug-likeness (QED) is 0.714. The molecule has 2 aromatic rings. The van der Waals surface area contributed by atoms with Crippen LogP contribution in [0.3, 0.4) is 0 Å². The molecule has 0 saturated carbocycles. The molecule has 3 rings (SSSR count). The Morgan fingerprint density at radius 3 is 3.17 bits per heavy atom. The number of amides is 1. The van der Waals surface area contributed by atoms with Gasteiger partial charge >= 0.3 is 0 Å². The van der Waals surface area contributed by atoms with Gasteiger partial charge in [-0.25, -0.2) is 0 Å². The number of thioether (sulfide) groups is 1. The van der Waals surface area contributed by atoms with Gasteiger partial charge in [-0.2, -0.15) is 0 Å². The van der Waals surface area contributed by atoms with E-state index >= 15 is 0 Å². The predicted molar refractivity (Wildman–Crippen MR) is 90.3 cm³/mol. The van der Waals surface area contributed by atoms with Crippen molar-refractivity contribution in [3.05, 3.63) is 22.1 Å². The number of carbonyl (C=O) groups excluding carboxylic acids is 1. The van der Waals surface area contributed by atoms with Gasteiger partial charge in [-0.05, 0) is 19.3 Å². The van der Waals surface area contributed by atoms with Crippen LogP contribution in [0.1, 0.15) is 31.9 Å². The lowest BCUT2D eigenvalue weighted by Gasteiger charge is -2.10. The normalized spacial score (nSPS) is 17.5. The minimum Gasteiger partial charge on any atom is -0.376 e. The van der Waals surface area contributed by atoms with Gasteiger partial charge in [0.1, 0.15) is 0 Å². The topological polar surface area (TPSA) is 101 Å². The van der Waals surface area contributed by atoms with Gasteiger partial charge in [0.05, 0.1) is 11.9 Å². The molecule has 1 fully saturated rings. The van der Waals surface area contributed by atoms with Crippen LogP contribution in [0.25, 0.3) is 5.78 Å². The number of aromatic amines is 1. The monoisotopic (exact) mass is 351 g/mol. The Morgan fingerprint density at radius 2 is 2.42 bits per heavy atom. The smallest absolute Gasteiger partial charge is 0.252 e. The highest BCUT2D eigenvalue weighted by Crippen LogP contribution is 2.18. The van der Waals surface area contributed by atoms with E-state index in [1.165, 1.54) is 11.8 Å². The lowest BCUT2D eigenvalue weighted by atomic mass is 10.2. The average Bonchev–Trinajstić information content (AvgIpc) is 3.20. The van der Waals surface area contributed by atoms with Gasteiger partial charge in [0.2, 0.25) is 11.7 Å². The van der Waals surface area contributed by atoms with E-state index in [2.05, 4.69) is 20.5 Å². The molecule has 8 nitrogen and oxygen atoms in total. The molecule has 0 bridgehead atoms. The second-order valence-electron chi connectivity index (χ2n) is 5.74. The van der Waals surface area contributed by atoms with E-state index < -0.39 is 0 Å². The second kappa shape index (κ2) is 7.80. The Kier molecular flexibility index (Phi) is 5.52. The Balaban J connectivity index is 1.64. The van der Waals surface area contributed by atoms with Crippen LogP contribution < -0.4 is 10.9 Å². The molecule has 3 heterocycles. The van der Waals surface area contributed by atoms with E-state index in [0.29, 0.717) is 17.5 Å². The molecule has 2 N–H and O–H groups in total. The first kappa shape index (κ1) is 17.0. The lowest BCUT2D eigenvalue weighted by molar-refractivity contribution is -0.119. The third kappa shape index (κ3) is 3.96. The number of rotatable bonds is 7. The van der Waals surface area contributed by atoms with Crippen molar-refractivity contribution < 1.29 is 9.53 Å². The summed E-state index contributed by atoms with van der Waals surface area (Å²) in [5.74, 6) is 0.597. The molecule has 0 aromatic carbocycles. The molecule has 24 heavy (non-hydrogen) atoms. The number of H-pyrrole nitrogens is 1. The molecule has 1 amide bonds. The van der Waals surface area contributed by atoms with Crippen molar-refractivity contribution in [2.45, 2.75) is 43.9 Å². The average molecular weight is 351 g/mol. The minimum atomic E-state index is -0.191. The van der Waals surface area contributed by atoms with Gasteiger partial charge in [0.15, 0.2) is 5.16 Å². The van der Waals surface area contributed by atoms with Gasteiger partial charge in [0.25, 0.3) is 5.56 Å². The largest absolute Gasteiger partial charge is 0.376 e. The summed E-state index contributed by atoms with van der Waals surface area (Å²) in [4.78, 5) is 26.3. The maximum atomic E-state index is 12.0. The highest BCUT2D eigenvalue weighted by atomic mass is 32.2. The van der Waals surface area contributed by atoms with Crippen LogP contribution in [-0.4, -0.2) is 50.5 Å². The summed E-state index contributed by atoms with van der Waals surface area (Å²) >= 11 is 1.31. The molecular weight excluding hydrogens is 330 g/mol. The van der Waals surface area contributed by atoms with Crippen molar-refractivity contribution in [2.75, 3.05) is 18.9 Å². The zero-order valence-electron chi connectivity index (χ0n) is 13.6. The molecule has 130 valence electrons. The Bertz CT molecular complexity index is 766. The molecule has 2 aromatic heterocycles.